The molecule has 1 heterocycles. The summed E-state index contributed by atoms with van der Waals surface area (Å²) >= 11 is 5.41. The third-order valence-electron chi connectivity index (χ3n) is 1.39. The molecule has 0 unspecified atom stereocenters. The molecule has 5 heteroatoms. The van der Waals surface area contributed by atoms with Gasteiger partial charge in [0.25, 0.3) is 5.91 Å². The van der Waals surface area contributed by atoms with E-state index in [9.17, 15) is 4.79 Å². The zero-order chi connectivity index (χ0) is 9.68. The summed E-state index contributed by atoms with van der Waals surface area (Å²) in [6.07, 6.45) is 2.99. The Labute approximate surface area is 81.3 Å². The van der Waals surface area contributed by atoms with Crippen molar-refractivity contribution in [2.75, 3.05) is 12.4 Å². The Bertz CT molecular complexity index is 286. The number of amides is 1. The molecule has 0 aliphatic carbocycles. The lowest BCUT2D eigenvalue weighted by Gasteiger charge is -2.00. The molecule has 0 fully saturated rings. The van der Waals surface area contributed by atoms with Crippen LogP contribution in [0.4, 0.5) is 0 Å². The Kier molecular flexibility index (Phi) is 3.64. The highest BCUT2D eigenvalue weighted by Gasteiger charge is 2.05. The number of aromatic nitrogens is 2. The molecule has 1 rings (SSSR count). The van der Waals surface area contributed by atoms with Crippen LogP contribution in [0.15, 0.2) is 12.4 Å². The van der Waals surface area contributed by atoms with Crippen LogP contribution in [0.25, 0.3) is 0 Å². The van der Waals surface area contributed by atoms with Crippen molar-refractivity contribution >= 4 is 17.5 Å². The molecule has 0 saturated carbocycles. The van der Waals surface area contributed by atoms with Crippen LogP contribution in [0.1, 0.15) is 16.2 Å². The number of carbonyl (C=O) groups excluding carboxylic acids is 1. The first-order valence-electron chi connectivity index (χ1n) is 3.87. The highest BCUT2D eigenvalue weighted by molar-refractivity contribution is 6.18. The molecule has 1 aromatic heterocycles. The highest BCUT2D eigenvalue weighted by Crippen LogP contribution is 1.93. The predicted octanol–water partition coefficient (Wildman–Crippen LogP) is 0.754. The summed E-state index contributed by atoms with van der Waals surface area (Å²) in [4.78, 5) is 19.1. The SMILES string of the molecule is Cc1cnc(C(=O)NCCCl)cn1. The second kappa shape index (κ2) is 4.77. The topological polar surface area (TPSA) is 54.9 Å². The molecule has 1 N–H and O–H groups in total. The number of hydrogen-bond acceptors (Lipinski definition) is 3. The number of nitrogens with one attached hydrogen (secondary N) is 1. The number of aryl methyl sites for hydroxylation is 1. The van der Waals surface area contributed by atoms with E-state index in [2.05, 4.69) is 15.3 Å². The molecule has 4 nitrogen and oxygen atoms in total. The van der Waals surface area contributed by atoms with Crippen LogP contribution in [-0.4, -0.2) is 28.3 Å². The smallest absolute Gasteiger partial charge is 0.271 e. The Morgan fingerprint density at radius 3 is 2.85 bits per heavy atom. The average molecular weight is 200 g/mol. The number of hydrogen-bond donors (Lipinski definition) is 1. The molecule has 0 bridgehead atoms. The van der Waals surface area contributed by atoms with Crippen molar-refractivity contribution in [2.24, 2.45) is 0 Å². The van der Waals surface area contributed by atoms with Crippen LogP contribution >= 0.6 is 11.6 Å². The number of halogens is 1. The molecule has 70 valence electrons. The normalized spacial score (nSPS) is 9.69. The van der Waals surface area contributed by atoms with Gasteiger partial charge < -0.3 is 5.32 Å². The van der Waals surface area contributed by atoms with Crippen molar-refractivity contribution < 1.29 is 4.79 Å². The van der Waals surface area contributed by atoms with Crippen LogP contribution < -0.4 is 5.32 Å². The Hall–Kier alpha value is -1.16. The Morgan fingerprint density at radius 1 is 1.54 bits per heavy atom. The van der Waals surface area contributed by atoms with E-state index in [1.165, 1.54) is 6.20 Å². The molecule has 0 atom stereocenters. The van der Waals surface area contributed by atoms with Crippen molar-refractivity contribution in [3.63, 3.8) is 0 Å². The van der Waals surface area contributed by atoms with Gasteiger partial charge in [-0.3, -0.25) is 9.78 Å². The maximum atomic E-state index is 11.2. The molecular weight excluding hydrogens is 190 g/mol. The van der Waals surface area contributed by atoms with E-state index in [-0.39, 0.29) is 5.91 Å². The van der Waals surface area contributed by atoms with Crippen molar-refractivity contribution in [1.82, 2.24) is 15.3 Å². The number of rotatable bonds is 3. The van der Waals surface area contributed by atoms with E-state index in [0.29, 0.717) is 18.1 Å². The summed E-state index contributed by atoms with van der Waals surface area (Å²) in [5.74, 6) is 0.151. The molecule has 0 radical (unpaired) electrons. The summed E-state index contributed by atoms with van der Waals surface area (Å²) in [7, 11) is 0. The Balaban J connectivity index is 2.61. The van der Waals surface area contributed by atoms with Crippen LogP contribution in [-0.2, 0) is 0 Å². The number of nitrogens with zero attached hydrogens (tertiary/aromatic N) is 2. The molecule has 1 amide bonds. The van der Waals surface area contributed by atoms with E-state index in [1.54, 1.807) is 6.20 Å². The fourth-order valence-corrected chi connectivity index (χ4v) is 0.856. The summed E-state index contributed by atoms with van der Waals surface area (Å²) < 4.78 is 0. The van der Waals surface area contributed by atoms with Gasteiger partial charge >= 0.3 is 0 Å². The minimum atomic E-state index is -0.242. The lowest BCUT2D eigenvalue weighted by molar-refractivity contribution is 0.0950. The fraction of sp³-hybridized carbons (Fsp3) is 0.375. The molecule has 0 aliphatic rings. The second-order valence-electron chi connectivity index (χ2n) is 2.49. The molecule has 13 heavy (non-hydrogen) atoms. The number of carbonyl (C=O) groups is 1. The quantitative estimate of drug-likeness (QED) is 0.732. The van der Waals surface area contributed by atoms with Gasteiger partial charge in [-0.25, -0.2) is 4.98 Å². The van der Waals surface area contributed by atoms with E-state index in [0.717, 1.165) is 5.69 Å². The summed E-state index contributed by atoms with van der Waals surface area (Å²) in [5.41, 5.74) is 1.10. The largest absolute Gasteiger partial charge is 0.349 e. The van der Waals surface area contributed by atoms with Crippen molar-refractivity contribution in [3.8, 4) is 0 Å². The van der Waals surface area contributed by atoms with Gasteiger partial charge in [0.15, 0.2) is 0 Å². The van der Waals surface area contributed by atoms with E-state index < -0.39 is 0 Å². The zero-order valence-corrected chi connectivity index (χ0v) is 8.01. The van der Waals surface area contributed by atoms with Crippen molar-refractivity contribution in [2.45, 2.75) is 6.92 Å². The predicted molar refractivity (Wildman–Crippen MR) is 49.8 cm³/mol. The first kappa shape index (κ1) is 9.92. The molecular formula is C8H10ClN3O. The molecule has 0 saturated heterocycles. The highest BCUT2D eigenvalue weighted by atomic mass is 35.5. The first-order valence-corrected chi connectivity index (χ1v) is 4.40. The van der Waals surface area contributed by atoms with Crippen LogP contribution in [0.5, 0.6) is 0 Å². The third kappa shape index (κ3) is 2.99. The first-order chi connectivity index (χ1) is 6.24. The van der Waals surface area contributed by atoms with E-state index in [1.807, 2.05) is 6.92 Å². The maximum absolute atomic E-state index is 11.2. The minimum absolute atomic E-state index is 0.242. The van der Waals surface area contributed by atoms with Crippen LogP contribution in [0, 0.1) is 6.92 Å². The molecule has 1 aromatic rings. The van der Waals surface area contributed by atoms with Gasteiger partial charge in [-0.05, 0) is 6.92 Å². The lowest BCUT2D eigenvalue weighted by Crippen LogP contribution is -2.26. The van der Waals surface area contributed by atoms with E-state index >= 15 is 0 Å². The third-order valence-corrected chi connectivity index (χ3v) is 1.58. The Morgan fingerprint density at radius 2 is 2.31 bits per heavy atom. The van der Waals surface area contributed by atoms with Gasteiger partial charge in [-0.2, -0.15) is 0 Å². The monoisotopic (exact) mass is 199 g/mol. The maximum Gasteiger partial charge on any atom is 0.271 e. The van der Waals surface area contributed by atoms with Gasteiger partial charge in [0, 0.05) is 18.6 Å². The molecule has 0 aliphatic heterocycles. The standard InChI is InChI=1S/C8H10ClN3O/c1-6-4-12-7(5-11-6)8(13)10-3-2-9/h4-5H,2-3H2,1H3,(H,10,13). The van der Waals surface area contributed by atoms with Gasteiger partial charge in [0.05, 0.1) is 11.9 Å². The second-order valence-corrected chi connectivity index (χ2v) is 2.87. The van der Waals surface area contributed by atoms with Crippen molar-refractivity contribution in [1.29, 1.82) is 0 Å². The fourth-order valence-electron chi connectivity index (χ4n) is 0.761. The lowest BCUT2D eigenvalue weighted by atomic mass is 10.4. The summed E-state index contributed by atoms with van der Waals surface area (Å²) in [5, 5.41) is 2.59. The van der Waals surface area contributed by atoms with Crippen LogP contribution in [0.2, 0.25) is 0 Å². The van der Waals surface area contributed by atoms with Crippen molar-refractivity contribution in [3.05, 3.63) is 23.8 Å². The van der Waals surface area contributed by atoms with E-state index in [4.69, 9.17) is 11.6 Å². The van der Waals surface area contributed by atoms with Gasteiger partial charge in [-0.15, -0.1) is 11.6 Å². The minimum Gasteiger partial charge on any atom is -0.349 e. The molecule has 0 spiro atoms. The summed E-state index contributed by atoms with van der Waals surface area (Å²) in [6.45, 7) is 2.25. The summed E-state index contributed by atoms with van der Waals surface area (Å²) in [6, 6.07) is 0. The number of alkyl halides is 1. The molecule has 0 aromatic carbocycles. The average Bonchev–Trinajstić information content (AvgIpc) is 2.15. The van der Waals surface area contributed by atoms with Gasteiger partial charge in [0.2, 0.25) is 0 Å². The van der Waals surface area contributed by atoms with Gasteiger partial charge in [-0.1, -0.05) is 0 Å². The van der Waals surface area contributed by atoms with Gasteiger partial charge in [0.1, 0.15) is 5.69 Å². The van der Waals surface area contributed by atoms with Crippen LogP contribution in [0.3, 0.4) is 0 Å². The zero-order valence-electron chi connectivity index (χ0n) is 7.25.